The maximum absolute atomic E-state index is 13.7. The highest BCUT2D eigenvalue weighted by atomic mass is 19.1. The number of hydrogen-bond donors (Lipinski definition) is 0. The lowest BCUT2D eigenvalue weighted by atomic mass is 9.91. The highest BCUT2D eigenvalue weighted by molar-refractivity contribution is 5.79. The fraction of sp³-hybridized carbons (Fsp3) is 0.0333. The van der Waals surface area contributed by atoms with Crippen molar-refractivity contribution in [2.45, 2.75) is 6.42 Å². The van der Waals surface area contributed by atoms with Gasteiger partial charge in [-0.05, 0) is 59.7 Å². The standard InChI is InChI=1S/C30H21F2O/c31-25-15-11-23(12-16-25)29-20-27(22-9-5-2-6-10-22)28(19-21-7-3-1-4-8-21)30(33-29)24-13-17-26(32)18-14-24/h1-18,20H,19H2/q+1. The van der Waals surface area contributed by atoms with Gasteiger partial charge in [0.25, 0.3) is 0 Å². The number of rotatable bonds is 5. The van der Waals surface area contributed by atoms with Gasteiger partial charge < -0.3 is 0 Å². The quantitative estimate of drug-likeness (QED) is 0.252. The lowest BCUT2D eigenvalue weighted by molar-refractivity contribution is 0.575. The molecule has 0 radical (unpaired) electrons. The predicted octanol–water partition coefficient (Wildman–Crippen LogP) is 8.43. The van der Waals surface area contributed by atoms with E-state index in [-0.39, 0.29) is 11.6 Å². The zero-order chi connectivity index (χ0) is 22.6. The molecule has 0 spiro atoms. The fourth-order valence-electron chi connectivity index (χ4n) is 3.98. The molecule has 0 aliphatic rings. The van der Waals surface area contributed by atoms with Crippen molar-refractivity contribution in [2.24, 2.45) is 0 Å². The van der Waals surface area contributed by atoms with Gasteiger partial charge in [-0.3, -0.25) is 0 Å². The maximum atomic E-state index is 13.7. The van der Waals surface area contributed by atoms with E-state index in [9.17, 15) is 8.78 Å². The van der Waals surface area contributed by atoms with E-state index in [2.05, 4.69) is 24.3 Å². The largest absolute Gasteiger partial charge is 0.364 e. The van der Waals surface area contributed by atoms with E-state index in [1.165, 1.54) is 24.3 Å². The molecule has 0 fully saturated rings. The summed E-state index contributed by atoms with van der Waals surface area (Å²) in [5, 5.41) is 0. The van der Waals surface area contributed by atoms with Crippen molar-refractivity contribution in [1.29, 1.82) is 0 Å². The Kier molecular flexibility index (Phi) is 5.77. The summed E-state index contributed by atoms with van der Waals surface area (Å²) in [5.74, 6) is 0.673. The molecular formula is C30H21F2O+. The maximum Gasteiger partial charge on any atom is 0.364 e. The van der Waals surface area contributed by atoms with Gasteiger partial charge in [-0.1, -0.05) is 60.7 Å². The van der Waals surface area contributed by atoms with E-state index in [0.29, 0.717) is 17.9 Å². The molecule has 1 nitrogen and oxygen atoms in total. The van der Waals surface area contributed by atoms with Gasteiger partial charge in [0.1, 0.15) is 11.6 Å². The summed E-state index contributed by atoms with van der Waals surface area (Å²) < 4.78 is 33.7. The SMILES string of the molecule is Fc1ccc(-c2cc(-c3ccccc3)c(Cc3ccccc3)c(-c3ccc(F)cc3)[o+]2)cc1. The van der Waals surface area contributed by atoms with Crippen molar-refractivity contribution >= 4 is 0 Å². The summed E-state index contributed by atoms with van der Waals surface area (Å²) in [7, 11) is 0. The minimum atomic E-state index is -0.304. The van der Waals surface area contributed by atoms with E-state index >= 15 is 0 Å². The van der Waals surface area contributed by atoms with Crippen LogP contribution < -0.4 is 0 Å². The van der Waals surface area contributed by atoms with Gasteiger partial charge >= 0.3 is 11.5 Å². The van der Waals surface area contributed by atoms with Crippen molar-refractivity contribution < 1.29 is 13.2 Å². The Morgan fingerprint density at radius 1 is 0.545 bits per heavy atom. The summed E-state index contributed by atoms with van der Waals surface area (Å²) in [4.78, 5) is 0. The average Bonchev–Trinajstić information content (AvgIpc) is 2.86. The van der Waals surface area contributed by atoms with Crippen molar-refractivity contribution in [1.82, 2.24) is 0 Å². The monoisotopic (exact) mass is 435 g/mol. The van der Waals surface area contributed by atoms with Crippen LogP contribution in [0.3, 0.4) is 0 Å². The molecule has 1 heterocycles. The molecule has 33 heavy (non-hydrogen) atoms. The Morgan fingerprint density at radius 2 is 1.09 bits per heavy atom. The van der Waals surface area contributed by atoms with E-state index in [1.807, 2.05) is 42.5 Å². The normalized spacial score (nSPS) is 10.8. The molecule has 0 aliphatic heterocycles. The molecule has 4 aromatic carbocycles. The van der Waals surface area contributed by atoms with E-state index in [0.717, 1.165) is 33.4 Å². The van der Waals surface area contributed by atoms with E-state index < -0.39 is 0 Å². The van der Waals surface area contributed by atoms with Crippen LogP contribution in [-0.2, 0) is 6.42 Å². The molecule has 0 aliphatic carbocycles. The van der Waals surface area contributed by atoms with Gasteiger partial charge in [0.05, 0.1) is 22.8 Å². The van der Waals surface area contributed by atoms with Gasteiger partial charge in [0, 0.05) is 12.0 Å². The van der Waals surface area contributed by atoms with Crippen molar-refractivity contribution in [3.63, 3.8) is 0 Å². The van der Waals surface area contributed by atoms with Gasteiger partial charge in [-0.15, -0.1) is 0 Å². The van der Waals surface area contributed by atoms with Crippen molar-refractivity contribution in [3.05, 3.63) is 138 Å². The molecule has 0 bridgehead atoms. The van der Waals surface area contributed by atoms with Gasteiger partial charge in [-0.25, -0.2) is 13.2 Å². The van der Waals surface area contributed by atoms with Crippen LogP contribution in [0.4, 0.5) is 8.78 Å². The highest BCUT2D eigenvalue weighted by Crippen LogP contribution is 2.38. The molecule has 0 N–H and O–H groups in total. The van der Waals surface area contributed by atoms with Crippen LogP contribution >= 0.6 is 0 Å². The molecule has 5 aromatic rings. The summed E-state index contributed by atoms with van der Waals surface area (Å²) in [6, 6.07) is 34.9. The molecule has 5 rings (SSSR count). The Balaban J connectivity index is 1.78. The molecule has 1 aromatic heterocycles. The average molecular weight is 435 g/mol. The Morgan fingerprint density at radius 3 is 1.70 bits per heavy atom. The summed E-state index contributed by atoms with van der Waals surface area (Å²) in [6.07, 6.45) is 0.644. The van der Waals surface area contributed by atoms with Gasteiger partial charge in [-0.2, -0.15) is 0 Å². The van der Waals surface area contributed by atoms with Crippen molar-refractivity contribution in [2.75, 3.05) is 0 Å². The summed E-state index contributed by atoms with van der Waals surface area (Å²) in [5.41, 5.74) is 5.76. The van der Waals surface area contributed by atoms with Crippen LogP contribution in [0.2, 0.25) is 0 Å². The smallest absolute Gasteiger partial charge is 0.207 e. The second-order valence-electron chi connectivity index (χ2n) is 7.87. The van der Waals surface area contributed by atoms with Crippen molar-refractivity contribution in [3.8, 4) is 33.8 Å². The number of halogens is 2. The summed E-state index contributed by atoms with van der Waals surface area (Å²) >= 11 is 0. The van der Waals surface area contributed by atoms with Crippen LogP contribution in [0.25, 0.3) is 33.8 Å². The lowest BCUT2D eigenvalue weighted by Crippen LogP contribution is -1.98. The first kappa shape index (κ1) is 20.8. The molecule has 0 unspecified atom stereocenters. The molecule has 0 saturated carbocycles. The Hall–Kier alpha value is -4.11. The zero-order valence-electron chi connectivity index (χ0n) is 17.8. The molecule has 0 saturated heterocycles. The zero-order valence-corrected chi connectivity index (χ0v) is 17.8. The molecule has 0 atom stereocenters. The first-order valence-electron chi connectivity index (χ1n) is 10.8. The first-order valence-corrected chi connectivity index (χ1v) is 10.8. The molecule has 3 heteroatoms. The van der Waals surface area contributed by atoms with Crippen LogP contribution in [0.5, 0.6) is 0 Å². The third-order valence-electron chi connectivity index (χ3n) is 5.63. The third kappa shape index (κ3) is 4.58. The minimum absolute atomic E-state index is 0.304. The lowest BCUT2D eigenvalue weighted by Gasteiger charge is -2.11. The number of benzene rings is 4. The van der Waals surface area contributed by atoms with Gasteiger partial charge in [0.2, 0.25) is 0 Å². The van der Waals surface area contributed by atoms with Gasteiger partial charge in [0.15, 0.2) is 0 Å². The molecule has 160 valence electrons. The Labute approximate surface area is 191 Å². The molecular weight excluding hydrogens is 414 g/mol. The molecule has 0 amide bonds. The predicted molar refractivity (Wildman–Crippen MR) is 129 cm³/mol. The highest BCUT2D eigenvalue weighted by Gasteiger charge is 2.27. The van der Waals surface area contributed by atoms with Crippen LogP contribution in [0.15, 0.2) is 120 Å². The van der Waals surface area contributed by atoms with E-state index in [1.54, 1.807) is 24.3 Å². The fourth-order valence-corrected chi connectivity index (χ4v) is 3.98. The van der Waals surface area contributed by atoms with Crippen LogP contribution in [0, 0.1) is 11.6 Å². The summed E-state index contributed by atoms with van der Waals surface area (Å²) in [6.45, 7) is 0. The third-order valence-corrected chi connectivity index (χ3v) is 5.63. The topological polar surface area (TPSA) is 11.3 Å². The second-order valence-corrected chi connectivity index (χ2v) is 7.87. The van der Waals surface area contributed by atoms with E-state index in [4.69, 9.17) is 4.42 Å². The number of hydrogen-bond acceptors (Lipinski definition) is 0. The van der Waals surface area contributed by atoms with Crippen LogP contribution in [0.1, 0.15) is 11.1 Å². The van der Waals surface area contributed by atoms with Crippen LogP contribution in [-0.4, -0.2) is 0 Å². The Bertz CT molecular complexity index is 1360. The first-order chi connectivity index (χ1) is 16.2. The minimum Gasteiger partial charge on any atom is -0.207 e. The second kappa shape index (κ2) is 9.17.